The van der Waals surface area contributed by atoms with E-state index in [0.717, 1.165) is 25.9 Å². The van der Waals surface area contributed by atoms with Crippen molar-refractivity contribution in [3.8, 4) is 0 Å². The van der Waals surface area contributed by atoms with E-state index in [1.165, 1.54) is 0 Å². The predicted octanol–water partition coefficient (Wildman–Crippen LogP) is 0.137. The van der Waals surface area contributed by atoms with Crippen LogP contribution in [0.2, 0.25) is 0 Å². The number of rotatable bonds is 4. The first kappa shape index (κ1) is 11.5. The third-order valence-corrected chi connectivity index (χ3v) is 2.52. The fourth-order valence-electron chi connectivity index (χ4n) is 1.74. The van der Waals surface area contributed by atoms with Gasteiger partial charge in [-0.3, -0.25) is 4.79 Å². The van der Waals surface area contributed by atoms with Crippen LogP contribution in [0.25, 0.3) is 0 Å². The second-order valence-electron chi connectivity index (χ2n) is 3.89. The summed E-state index contributed by atoms with van der Waals surface area (Å²) in [5, 5.41) is 6.20. The van der Waals surface area contributed by atoms with Crippen LogP contribution in [0.3, 0.4) is 0 Å². The van der Waals surface area contributed by atoms with Crippen LogP contribution in [0.4, 0.5) is 0 Å². The minimum Gasteiger partial charge on any atom is -0.383 e. The number of nitrogens with one attached hydrogen (secondary N) is 2. The average Bonchev–Trinajstić information content (AvgIpc) is 2.19. The summed E-state index contributed by atoms with van der Waals surface area (Å²) < 4.78 is 4.96. The molecule has 0 radical (unpaired) electrons. The van der Waals surface area contributed by atoms with Gasteiger partial charge in [0.15, 0.2) is 0 Å². The van der Waals surface area contributed by atoms with E-state index in [-0.39, 0.29) is 17.9 Å². The molecule has 0 aromatic carbocycles. The van der Waals surface area contributed by atoms with Gasteiger partial charge in [0.1, 0.15) is 0 Å². The molecule has 0 bridgehead atoms. The molecule has 1 atom stereocenters. The molecule has 1 aliphatic rings. The quantitative estimate of drug-likeness (QED) is 0.678. The van der Waals surface area contributed by atoms with Crippen molar-refractivity contribution < 1.29 is 9.53 Å². The fourth-order valence-corrected chi connectivity index (χ4v) is 1.74. The van der Waals surface area contributed by atoms with Crippen molar-refractivity contribution in [2.75, 3.05) is 26.8 Å². The lowest BCUT2D eigenvalue weighted by atomic mass is 9.97. The minimum atomic E-state index is 0.113. The van der Waals surface area contributed by atoms with Crippen LogP contribution in [0.15, 0.2) is 0 Å². The summed E-state index contributed by atoms with van der Waals surface area (Å²) >= 11 is 0. The molecular formula is C10H20N2O2. The lowest BCUT2D eigenvalue weighted by molar-refractivity contribution is -0.126. The number of ether oxygens (including phenoxy) is 1. The SMILES string of the molecule is COC[C@@H](C)NC(=O)C1CCNCC1. The monoisotopic (exact) mass is 200 g/mol. The first-order valence-electron chi connectivity index (χ1n) is 5.24. The molecule has 1 aliphatic heterocycles. The van der Waals surface area contributed by atoms with Crippen molar-refractivity contribution in [2.24, 2.45) is 5.92 Å². The number of carbonyl (C=O) groups excluding carboxylic acids is 1. The van der Waals surface area contributed by atoms with Gasteiger partial charge in [-0.2, -0.15) is 0 Å². The smallest absolute Gasteiger partial charge is 0.223 e. The highest BCUT2D eigenvalue weighted by molar-refractivity contribution is 5.79. The summed E-state index contributed by atoms with van der Waals surface area (Å²) in [7, 11) is 1.65. The van der Waals surface area contributed by atoms with Crippen molar-refractivity contribution in [1.82, 2.24) is 10.6 Å². The Morgan fingerprint density at radius 1 is 1.57 bits per heavy atom. The molecule has 0 aromatic heterocycles. The van der Waals surface area contributed by atoms with E-state index >= 15 is 0 Å². The maximum absolute atomic E-state index is 11.7. The van der Waals surface area contributed by atoms with Gasteiger partial charge in [-0.25, -0.2) is 0 Å². The molecule has 0 aromatic rings. The number of carbonyl (C=O) groups is 1. The molecule has 4 nitrogen and oxygen atoms in total. The van der Waals surface area contributed by atoms with E-state index in [1.807, 2.05) is 6.92 Å². The number of methoxy groups -OCH3 is 1. The fraction of sp³-hybridized carbons (Fsp3) is 0.900. The Bertz CT molecular complexity index is 179. The molecule has 14 heavy (non-hydrogen) atoms. The molecule has 1 fully saturated rings. The summed E-state index contributed by atoms with van der Waals surface area (Å²) in [6.45, 7) is 4.45. The molecule has 1 amide bonds. The van der Waals surface area contributed by atoms with Crippen LogP contribution in [-0.4, -0.2) is 38.8 Å². The molecule has 0 unspecified atom stereocenters. The topological polar surface area (TPSA) is 50.4 Å². The van der Waals surface area contributed by atoms with E-state index in [9.17, 15) is 4.79 Å². The summed E-state index contributed by atoms with van der Waals surface area (Å²) in [5.74, 6) is 0.367. The molecule has 4 heteroatoms. The van der Waals surface area contributed by atoms with Gasteiger partial charge in [0, 0.05) is 19.1 Å². The van der Waals surface area contributed by atoms with Gasteiger partial charge < -0.3 is 15.4 Å². The number of amides is 1. The van der Waals surface area contributed by atoms with E-state index in [2.05, 4.69) is 10.6 Å². The summed E-state index contributed by atoms with van der Waals surface area (Å²) in [6.07, 6.45) is 1.90. The molecule has 2 N–H and O–H groups in total. The standard InChI is InChI=1S/C10H20N2O2/c1-8(7-14-2)12-10(13)9-3-5-11-6-4-9/h8-9,11H,3-7H2,1-2H3,(H,12,13)/t8-/m1/s1. The summed E-state index contributed by atoms with van der Waals surface area (Å²) in [4.78, 5) is 11.7. The van der Waals surface area contributed by atoms with E-state index in [4.69, 9.17) is 4.74 Å². The highest BCUT2D eigenvalue weighted by Crippen LogP contribution is 2.11. The number of piperidine rings is 1. The maximum atomic E-state index is 11.7. The van der Waals surface area contributed by atoms with Crippen molar-refractivity contribution in [3.05, 3.63) is 0 Å². The molecule has 1 saturated heterocycles. The maximum Gasteiger partial charge on any atom is 0.223 e. The molecule has 1 heterocycles. The lowest BCUT2D eigenvalue weighted by Gasteiger charge is -2.23. The molecule has 1 rings (SSSR count). The molecule has 0 aliphatic carbocycles. The zero-order chi connectivity index (χ0) is 10.4. The third-order valence-electron chi connectivity index (χ3n) is 2.52. The van der Waals surface area contributed by atoms with Crippen molar-refractivity contribution >= 4 is 5.91 Å². The highest BCUT2D eigenvalue weighted by atomic mass is 16.5. The molecule has 0 saturated carbocycles. The van der Waals surface area contributed by atoms with Gasteiger partial charge in [0.25, 0.3) is 0 Å². The van der Waals surface area contributed by atoms with Crippen LogP contribution >= 0.6 is 0 Å². The molecule has 0 spiro atoms. The Hall–Kier alpha value is -0.610. The molecular weight excluding hydrogens is 180 g/mol. The summed E-state index contributed by atoms with van der Waals surface area (Å²) in [5.41, 5.74) is 0. The van der Waals surface area contributed by atoms with Gasteiger partial charge in [-0.05, 0) is 32.9 Å². The Kier molecular flexibility index (Phi) is 4.90. The van der Waals surface area contributed by atoms with Crippen molar-refractivity contribution in [1.29, 1.82) is 0 Å². The van der Waals surface area contributed by atoms with Crippen LogP contribution in [0.1, 0.15) is 19.8 Å². The van der Waals surface area contributed by atoms with Crippen LogP contribution < -0.4 is 10.6 Å². The van der Waals surface area contributed by atoms with Crippen LogP contribution in [0, 0.1) is 5.92 Å². The zero-order valence-electron chi connectivity index (χ0n) is 9.01. The van der Waals surface area contributed by atoms with Gasteiger partial charge in [-0.1, -0.05) is 0 Å². The Morgan fingerprint density at radius 3 is 2.79 bits per heavy atom. The van der Waals surface area contributed by atoms with Gasteiger partial charge in [-0.15, -0.1) is 0 Å². The van der Waals surface area contributed by atoms with E-state index in [1.54, 1.807) is 7.11 Å². The normalized spacial score (nSPS) is 20.4. The second kappa shape index (κ2) is 5.98. The van der Waals surface area contributed by atoms with Gasteiger partial charge in [0.2, 0.25) is 5.91 Å². The first-order chi connectivity index (χ1) is 6.74. The molecule has 82 valence electrons. The van der Waals surface area contributed by atoms with Crippen molar-refractivity contribution in [2.45, 2.75) is 25.8 Å². The minimum absolute atomic E-state index is 0.113. The first-order valence-corrected chi connectivity index (χ1v) is 5.24. The Balaban J connectivity index is 2.25. The number of hydrogen-bond donors (Lipinski definition) is 2. The Labute approximate surface area is 85.4 Å². The zero-order valence-corrected chi connectivity index (χ0v) is 9.01. The second-order valence-corrected chi connectivity index (χ2v) is 3.89. The van der Waals surface area contributed by atoms with E-state index < -0.39 is 0 Å². The van der Waals surface area contributed by atoms with E-state index in [0.29, 0.717) is 6.61 Å². The van der Waals surface area contributed by atoms with Crippen molar-refractivity contribution in [3.63, 3.8) is 0 Å². The van der Waals surface area contributed by atoms with Crippen LogP contribution in [0.5, 0.6) is 0 Å². The number of hydrogen-bond acceptors (Lipinski definition) is 3. The third kappa shape index (κ3) is 3.64. The lowest BCUT2D eigenvalue weighted by Crippen LogP contribution is -2.43. The van der Waals surface area contributed by atoms with Crippen LogP contribution in [-0.2, 0) is 9.53 Å². The largest absolute Gasteiger partial charge is 0.383 e. The summed E-state index contributed by atoms with van der Waals surface area (Å²) in [6, 6.07) is 0.113. The Morgan fingerprint density at radius 2 is 2.21 bits per heavy atom. The van der Waals surface area contributed by atoms with Gasteiger partial charge >= 0.3 is 0 Å². The van der Waals surface area contributed by atoms with Gasteiger partial charge in [0.05, 0.1) is 6.61 Å². The highest BCUT2D eigenvalue weighted by Gasteiger charge is 2.21. The predicted molar refractivity (Wildman–Crippen MR) is 55.1 cm³/mol. The average molecular weight is 200 g/mol.